The molecule has 0 atom stereocenters. The predicted molar refractivity (Wildman–Crippen MR) is 102 cm³/mol. The summed E-state index contributed by atoms with van der Waals surface area (Å²) in [5, 5.41) is 23.5. The molecule has 0 saturated heterocycles. The number of anilines is 2. The van der Waals surface area contributed by atoms with Gasteiger partial charge in [0.05, 0.1) is 33.6 Å². The topological polar surface area (TPSA) is 119 Å². The molecule has 3 rings (SSSR count). The number of para-hydroxylation sites is 2. The fraction of sp³-hybridized carbons (Fsp3) is 0. The molecule has 0 saturated carbocycles. The predicted octanol–water partition coefficient (Wildman–Crippen LogP) is 3.33. The largest absolute Gasteiger partial charge is 0.321 e. The number of nitrogens with zero attached hydrogens (tertiary/aromatic N) is 3. The number of nitrogens with one attached hydrogen (secondary N) is 2. The number of nitriles is 2. The molecule has 2 N–H and O–H groups in total. The summed E-state index contributed by atoms with van der Waals surface area (Å²) in [7, 11) is 0. The Balaban J connectivity index is 1.80. The number of benzene rings is 2. The lowest BCUT2D eigenvalue weighted by Crippen LogP contribution is -2.17. The van der Waals surface area contributed by atoms with Crippen molar-refractivity contribution in [3.63, 3.8) is 0 Å². The molecule has 1 aromatic heterocycles. The smallest absolute Gasteiger partial charge is 0.257 e. The van der Waals surface area contributed by atoms with E-state index < -0.39 is 11.8 Å². The SMILES string of the molecule is N#Cc1ccccc1NC(=O)c1cncc(C(=O)Nc2ccccc2C#N)c1. The van der Waals surface area contributed by atoms with Crippen LogP contribution in [0.2, 0.25) is 0 Å². The van der Waals surface area contributed by atoms with Crippen LogP contribution in [0, 0.1) is 22.7 Å². The Morgan fingerprint density at radius 3 is 1.61 bits per heavy atom. The molecule has 2 aromatic carbocycles. The summed E-state index contributed by atoms with van der Waals surface area (Å²) < 4.78 is 0. The van der Waals surface area contributed by atoms with Gasteiger partial charge in [0.15, 0.2) is 0 Å². The third-order valence-electron chi connectivity index (χ3n) is 3.85. The number of amides is 2. The lowest BCUT2D eigenvalue weighted by atomic mass is 10.1. The minimum Gasteiger partial charge on any atom is -0.321 e. The summed E-state index contributed by atoms with van der Waals surface area (Å²) >= 11 is 0. The fourth-order valence-electron chi connectivity index (χ4n) is 2.46. The molecule has 0 aliphatic rings. The monoisotopic (exact) mass is 367 g/mol. The molecule has 0 aliphatic heterocycles. The lowest BCUT2D eigenvalue weighted by Gasteiger charge is -2.09. The highest BCUT2D eigenvalue weighted by Gasteiger charge is 2.14. The van der Waals surface area contributed by atoms with Crippen LogP contribution < -0.4 is 10.6 Å². The Labute approximate surface area is 160 Å². The molecule has 0 fully saturated rings. The number of aromatic nitrogens is 1. The van der Waals surface area contributed by atoms with Gasteiger partial charge in [0.1, 0.15) is 12.1 Å². The number of hydrogen-bond donors (Lipinski definition) is 2. The molecular weight excluding hydrogens is 354 g/mol. The van der Waals surface area contributed by atoms with Crippen LogP contribution in [0.4, 0.5) is 11.4 Å². The molecule has 0 radical (unpaired) electrons. The molecule has 0 bridgehead atoms. The van der Waals surface area contributed by atoms with E-state index in [0.717, 1.165) is 0 Å². The highest BCUT2D eigenvalue weighted by atomic mass is 16.2. The first-order chi connectivity index (χ1) is 13.6. The molecule has 3 aromatic rings. The average Bonchev–Trinajstić information content (AvgIpc) is 2.74. The normalized spacial score (nSPS) is 9.64. The van der Waals surface area contributed by atoms with Gasteiger partial charge in [0, 0.05) is 12.4 Å². The van der Waals surface area contributed by atoms with Gasteiger partial charge in [-0.05, 0) is 30.3 Å². The van der Waals surface area contributed by atoms with Gasteiger partial charge in [-0.2, -0.15) is 10.5 Å². The van der Waals surface area contributed by atoms with Crippen molar-refractivity contribution in [3.05, 3.63) is 89.2 Å². The summed E-state index contributed by atoms with van der Waals surface area (Å²) in [6.07, 6.45) is 2.65. The molecule has 1 heterocycles. The van der Waals surface area contributed by atoms with Gasteiger partial charge in [0.2, 0.25) is 0 Å². The molecule has 134 valence electrons. The van der Waals surface area contributed by atoms with E-state index in [4.69, 9.17) is 10.5 Å². The standard InChI is InChI=1S/C21H13N5O2/c22-10-14-5-1-3-7-18(14)25-20(27)16-9-17(13-24-12-16)21(28)26-19-8-4-2-6-15(19)11-23/h1-9,12-13H,(H,25,27)(H,26,28). The quantitative estimate of drug-likeness (QED) is 0.733. The van der Waals surface area contributed by atoms with Crippen molar-refractivity contribution in [1.82, 2.24) is 4.98 Å². The number of carbonyl (C=O) groups excluding carboxylic acids is 2. The van der Waals surface area contributed by atoms with E-state index in [0.29, 0.717) is 22.5 Å². The maximum Gasteiger partial charge on any atom is 0.257 e. The molecule has 2 amide bonds. The maximum atomic E-state index is 12.5. The molecule has 0 unspecified atom stereocenters. The number of carbonyl (C=O) groups is 2. The number of hydrogen-bond acceptors (Lipinski definition) is 5. The Hall–Kier alpha value is -4.49. The summed E-state index contributed by atoms with van der Waals surface area (Å²) in [4.78, 5) is 28.9. The van der Waals surface area contributed by atoms with Crippen molar-refractivity contribution in [3.8, 4) is 12.1 Å². The lowest BCUT2D eigenvalue weighted by molar-refractivity contribution is 0.102. The minimum atomic E-state index is -0.498. The highest BCUT2D eigenvalue weighted by molar-refractivity contribution is 6.09. The third-order valence-corrected chi connectivity index (χ3v) is 3.85. The molecule has 7 heteroatoms. The van der Waals surface area contributed by atoms with E-state index in [2.05, 4.69) is 15.6 Å². The second-order valence-corrected chi connectivity index (χ2v) is 5.69. The molecule has 7 nitrogen and oxygen atoms in total. The molecule has 0 aliphatic carbocycles. The van der Waals surface area contributed by atoms with Crippen molar-refractivity contribution >= 4 is 23.2 Å². The van der Waals surface area contributed by atoms with Crippen LogP contribution in [0.25, 0.3) is 0 Å². The van der Waals surface area contributed by atoms with Gasteiger partial charge < -0.3 is 10.6 Å². The highest BCUT2D eigenvalue weighted by Crippen LogP contribution is 2.17. The zero-order valence-electron chi connectivity index (χ0n) is 14.5. The van der Waals surface area contributed by atoms with Crippen LogP contribution in [0.3, 0.4) is 0 Å². The van der Waals surface area contributed by atoms with Gasteiger partial charge in [-0.3, -0.25) is 14.6 Å². The van der Waals surface area contributed by atoms with Crippen LogP contribution >= 0.6 is 0 Å². The van der Waals surface area contributed by atoms with Crippen molar-refractivity contribution in [2.75, 3.05) is 10.6 Å². The summed E-state index contributed by atoms with van der Waals surface area (Å²) in [6, 6.07) is 18.6. The zero-order chi connectivity index (χ0) is 19.9. The zero-order valence-corrected chi connectivity index (χ0v) is 14.5. The fourth-order valence-corrected chi connectivity index (χ4v) is 2.46. The van der Waals surface area contributed by atoms with E-state index in [-0.39, 0.29) is 11.1 Å². The van der Waals surface area contributed by atoms with Gasteiger partial charge in [-0.15, -0.1) is 0 Å². The van der Waals surface area contributed by atoms with E-state index >= 15 is 0 Å². The summed E-state index contributed by atoms with van der Waals surface area (Å²) in [5.41, 5.74) is 1.71. The molecule has 0 spiro atoms. The summed E-state index contributed by atoms with van der Waals surface area (Å²) in [6.45, 7) is 0. The second-order valence-electron chi connectivity index (χ2n) is 5.69. The number of rotatable bonds is 4. The van der Waals surface area contributed by atoms with Gasteiger partial charge in [-0.25, -0.2) is 0 Å². The van der Waals surface area contributed by atoms with Gasteiger partial charge >= 0.3 is 0 Å². The Morgan fingerprint density at radius 1 is 0.750 bits per heavy atom. The van der Waals surface area contributed by atoms with Crippen molar-refractivity contribution in [2.24, 2.45) is 0 Å². The minimum absolute atomic E-state index is 0.161. The number of pyridine rings is 1. The van der Waals surface area contributed by atoms with E-state index in [1.807, 2.05) is 12.1 Å². The van der Waals surface area contributed by atoms with Crippen molar-refractivity contribution in [1.29, 1.82) is 10.5 Å². The molecule has 28 heavy (non-hydrogen) atoms. The van der Waals surface area contributed by atoms with Gasteiger partial charge in [0.25, 0.3) is 11.8 Å². The maximum absolute atomic E-state index is 12.5. The third kappa shape index (κ3) is 4.01. The average molecular weight is 367 g/mol. The van der Waals surface area contributed by atoms with Crippen LogP contribution in [0.5, 0.6) is 0 Å². The van der Waals surface area contributed by atoms with Crippen LogP contribution in [0.1, 0.15) is 31.8 Å². The van der Waals surface area contributed by atoms with E-state index in [9.17, 15) is 9.59 Å². The first-order valence-corrected chi connectivity index (χ1v) is 8.18. The Bertz CT molecular complexity index is 1060. The Morgan fingerprint density at radius 2 is 1.18 bits per heavy atom. The van der Waals surface area contributed by atoms with Crippen molar-refractivity contribution in [2.45, 2.75) is 0 Å². The molecular formula is C21H13N5O2. The van der Waals surface area contributed by atoms with E-state index in [1.54, 1.807) is 48.5 Å². The van der Waals surface area contributed by atoms with Crippen LogP contribution in [-0.4, -0.2) is 16.8 Å². The first-order valence-electron chi connectivity index (χ1n) is 8.18. The van der Waals surface area contributed by atoms with Crippen molar-refractivity contribution < 1.29 is 9.59 Å². The first kappa shape index (κ1) is 18.3. The van der Waals surface area contributed by atoms with E-state index in [1.165, 1.54) is 18.5 Å². The summed E-state index contributed by atoms with van der Waals surface area (Å²) in [5.74, 6) is -0.996. The van der Waals surface area contributed by atoms with Gasteiger partial charge in [-0.1, -0.05) is 24.3 Å². The van der Waals surface area contributed by atoms with Crippen LogP contribution in [-0.2, 0) is 0 Å². The Kier molecular flexibility index (Phi) is 5.40. The second kappa shape index (κ2) is 8.26. The van der Waals surface area contributed by atoms with Crippen LogP contribution in [0.15, 0.2) is 67.0 Å².